The van der Waals surface area contributed by atoms with Gasteiger partial charge in [-0.25, -0.2) is 0 Å². The second kappa shape index (κ2) is 7.06. The largest absolute Gasteiger partial charge is 0.380 e. The summed E-state index contributed by atoms with van der Waals surface area (Å²) in [5.41, 5.74) is 0.0285. The van der Waals surface area contributed by atoms with Crippen molar-refractivity contribution in [3.05, 3.63) is 33.3 Å². The second-order valence-electron chi connectivity index (χ2n) is 3.76. The number of halogens is 1. The molecule has 1 rings (SSSR count). The molecule has 0 atom stereocenters. The van der Waals surface area contributed by atoms with E-state index < -0.39 is 4.92 Å². The number of nitrogens with zero attached hydrogens (tertiary/aromatic N) is 2. The van der Waals surface area contributed by atoms with Crippen molar-refractivity contribution in [2.24, 2.45) is 0 Å². The van der Waals surface area contributed by atoms with Gasteiger partial charge in [-0.2, -0.15) is 0 Å². The molecule has 0 aliphatic rings. The first kappa shape index (κ1) is 15.4. The molecule has 0 heterocycles. The number of benzene rings is 1. The molecule has 0 aliphatic heterocycles. The molecule has 0 bridgehead atoms. The zero-order chi connectivity index (χ0) is 14.4. The van der Waals surface area contributed by atoms with Crippen LogP contribution in [0.4, 0.5) is 11.4 Å². The van der Waals surface area contributed by atoms with Crippen LogP contribution in [-0.4, -0.2) is 30.6 Å². The Labute approximate surface area is 116 Å². The van der Waals surface area contributed by atoms with Crippen molar-refractivity contribution in [2.45, 2.75) is 13.8 Å². The van der Waals surface area contributed by atoms with Crippen LogP contribution in [0.1, 0.15) is 13.8 Å². The van der Waals surface area contributed by atoms with Crippen molar-refractivity contribution >= 4 is 28.9 Å². The number of hydrogen-bond acceptors (Lipinski definition) is 4. The van der Waals surface area contributed by atoms with Crippen LogP contribution in [0.2, 0.25) is 5.02 Å². The highest BCUT2D eigenvalue weighted by Crippen LogP contribution is 2.31. The minimum atomic E-state index is -0.539. The van der Waals surface area contributed by atoms with Crippen LogP contribution < -0.4 is 4.90 Å². The maximum Gasteiger partial charge on any atom is 0.293 e. The molecule has 0 unspecified atom stereocenters. The highest BCUT2D eigenvalue weighted by Gasteiger charge is 2.22. The van der Waals surface area contributed by atoms with E-state index in [0.717, 1.165) is 0 Å². The topological polar surface area (TPSA) is 72.7 Å². The molecular formula is C12H15ClN2O4. The van der Waals surface area contributed by atoms with Crippen LogP contribution in [0, 0.1) is 10.1 Å². The number of nitro groups is 1. The lowest BCUT2D eigenvalue weighted by Gasteiger charge is -2.21. The smallest absolute Gasteiger partial charge is 0.293 e. The van der Waals surface area contributed by atoms with Gasteiger partial charge in [-0.3, -0.25) is 14.9 Å². The van der Waals surface area contributed by atoms with Crippen molar-refractivity contribution in [3.63, 3.8) is 0 Å². The summed E-state index contributed by atoms with van der Waals surface area (Å²) in [6.45, 7) is 4.24. The normalized spacial score (nSPS) is 10.3. The first-order valence-corrected chi connectivity index (χ1v) is 6.15. The van der Waals surface area contributed by atoms with Crippen LogP contribution in [0.15, 0.2) is 18.2 Å². The average molecular weight is 287 g/mol. The number of carbonyl (C=O) groups is 1. The molecule has 7 heteroatoms. The van der Waals surface area contributed by atoms with E-state index in [0.29, 0.717) is 18.2 Å². The van der Waals surface area contributed by atoms with Crippen LogP contribution in [-0.2, 0) is 9.53 Å². The van der Waals surface area contributed by atoms with Crippen molar-refractivity contribution in [1.29, 1.82) is 0 Å². The first-order valence-electron chi connectivity index (χ1n) is 5.77. The van der Waals surface area contributed by atoms with Crippen LogP contribution in [0.25, 0.3) is 0 Å². The van der Waals surface area contributed by atoms with E-state index in [1.165, 1.54) is 30.0 Å². The Hall–Kier alpha value is -1.66. The lowest BCUT2D eigenvalue weighted by molar-refractivity contribution is -0.384. The van der Waals surface area contributed by atoms with E-state index in [-0.39, 0.29) is 23.8 Å². The summed E-state index contributed by atoms with van der Waals surface area (Å²) < 4.78 is 5.17. The third-order valence-corrected chi connectivity index (χ3v) is 2.70. The quantitative estimate of drug-likeness (QED) is 0.458. The fourth-order valence-electron chi connectivity index (χ4n) is 1.61. The third-order valence-electron chi connectivity index (χ3n) is 2.47. The zero-order valence-electron chi connectivity index (χ0n) is 10.8. The molecule has 1 aromatic carbocycles. The molecule has 1 amide bonds. The van der Waals surface area contributed by atoms with Crippen molar-refractivity contribution in [1.82, 2.24) is 0 Å². The standard InChI is InChI=1S/C12H15ClN2O4/c1-3-19-7-6-14(9(2)16)12-8-10(13)4-5-11(12)15(17)18/h4-5,8H,3,6-7H2,1-2H3. The van der Waals surface area contributed by atoms with Gasteiger partial charge in [-0.15, -0.1) is 0 Å². The molecule has 6 nitrogen and oxygen atoms in total. The molecular weight excluding hydrogens is 272 g/mol. The van der Waals surface area contributed by atoms with Crippen molar-refractivity contribution < 1.29 is 14.5 Å². The predicted molar refractivity (Wildman–Crippen MR) is 72.6 cm³/mol. The molecule has 0 saturated carbocycles. The Morgan fingerprint density at radius 3 is 2.74 bits per heavy atom. The highest BCUT2D eigenvalue weighted by molar-refractivity contribution is 6.31. The number of anilines is 1. The molecule has 0 N–H and O–H groups in total. The molecule has 1 aromatic rings. The van der Waals surface area contributed by atoms with Crippen LogP contribution in [0.3, 0.4) is 0 Å². The summed E-state index contributed by atoms with van der Waals surface area (Å²) >= 11 is 5.84. The van der Waals surface area contributed by atoms with E-state index in [1.807, 2.05) is 6.92 Å². The van der Waals surface area contributed by atoms with Gasteiger partial charge in [-0.1, -0.05) is 11.6 Å². The molecule has 0 radical (unpaired) electrons. The molecule has 104 valence electrons. The van der Waals surface area contributed by atoms with E-state index in [9.17, 15) is 14.9 Å². The summed E-state index contributed by atoms with van der Waals surface area (Å²) in [6.07, 6.45) is 0. The monoisotopic (exact) mass is 286 g/mol. The minimum absolute atomic E-state index is 0.156. The Kier molecular flexibility index (Phi) is 5.72. The number of ether oxygens (including phenoxy) is 1. The van der Waals surface area contributed by atoms with E-state index in [1.54, 1.807) is 0 Å². The Morgan fingerprint density at radius 2 is 2.21 bits per heavy atom. The van der Waals surface area contributed by atoms with Gasteiger partial charge in [-0.05, 0) is 19.1 Å². The van der Waals surface area contributed by atoms with Gasteiger partial charge < -0.3 is 9.64 Å². The summed E-state index contributed by atoms with van der Waals surface area (Å²) in [4.78, 5) is 23.4. The fourth-order valence-corrected chi connectivity index (χ4v) is 1.78. The van der Waals surface area contributed by atoms with E-state index in [4.69, 9.17) is 16.3 Å². The molecule has 0 fully saturated rings. The number of amides is 1. The summed E-state index contributed by atoms with van der Waals surface area (Å²) in [5, 5.41) is 11.3. The van der Waals surface area contributed by atoms with Gasteiger partial charge in [0.05, 0.1) is 11.5 Å². The summed E-state index contributed by atoms with van der Waals surface area (Å²) in [5.74, 6) is -0.301. The van der Waals surface area contributed by atoms with Crippen molar-refractivity contribution in [2.75, 3.05) is 24.7 Å². The molecule has 19 heavy (non-hydrogen) atoms. The SMILES string of the molecule is CCOCCN(C(C)=O)c1cc(Cl)ccc1[N+](=O)[O-]. The Bertz CT molecular complexity index is 479. The summed E-state index contributed by atoms with van der Waals surface area (Å²) in [7, 11) is 0. The number of rotatable bonds is 6. The number of nitro benzene ring substituents is 1. The van der Waals surface area contributed by atoms with Gasteiger partial charge in [0.15, 0.2) is 0 Å². The average Bonchev–Trinajstić information content (AvgIpc) is 2.33. The second-order valence-corrected chi connectivity index (χ2v) is 4.19. The first-order chi connectivity index (χ1) is 8.97. The number of carbonyl (C=O) groups excluding carboxylic acids is 1. The lowest BCUT2D eigenvalue weighted by atomic mass is 10.2. The fraction of sp³-hybridized carbons (Fsp3) is 0.417. The Morgan fingerprint density at radius 1 is 1.53 bits per heavy atom. The Balaban J connectivity index is 3.10. The van der Waals surface area contributed by atoms with E-state index >= 15 is 0 Å². The molecule has 0 aromatic heterocycles. The maximum atomic E-state index is 11.6. The van der Waals surface area contributed by atoms with Gasteiger partial charge in [0, 0.05) is 31.2 Å². The molecule has 0 saturated heterocycles. The molecule has 0 aliphatic carbocycles. The van der Waals surface area contributed by atoms with Crippen LogP contribution >= 0.6 is 11.6 Å². The maximum absolute atomic E-state index is 11.6. The third kappa shape index (κ3) is 4.18. The lowest BCUT2D eigenvalue weighted by Crippen LogP contribution is -2.32. The molecule has 0 spiro atoms. The number of hydrogen-bond donors (Lipinski definition) is 0. The van der Waals surface area contributed by atoms with Gasteiger partial charge >= 0.3 is 0 Å². The van der Waals surface area contributed by atoms with Crippen LogP contribution in [0.5, 0.6) is 0 Å². The van der Waals surface area contributed by atoms with E-state index in [2.05, 4.69) is 0 Å². The van der Waals surface area contributed by atoms with Crippen molar-refractivity contribution in [3.8, 4) is 0 Å². The van der Waals surface area contributed by atoms with Gasteiger partial charge in [0.2, 0.25) is 5.91 Å². The summed E-state index contributed by atoms with van der Waals surface area (Å²) in [6, 6.07) is 4.12. The minimum Gasteiger partial charge on any atom is -0.380 e. The van der Waals surface area contributed by atoms with Gasteiger partial charge in [0.1, 0.15) is 5.69 Å². The highest BCUT2D eigenvalue weighted by atomic mass is 35.5. The van der Waals surface area contributed by atoms with Gasteiger partial charge in [0.25, 0.3) is 5.69 Å². The predicted octanol–water partition coefficient (Wildman–Crippen LogP) is 2.64. The zero-order valence-corrected chi connectivity index (χ0v) is 11.5.